The molecular weight excluding hydrogens is 508 g/mol. The van der Waals surface area contributed by atoms with Crippen molar-refractivity contribution < 1.29 is 28.5 Å². The first kappa shape index (κ1) is 29.2. The molecule has 4 atom stereocenters. The number of carbonyl (C=O) groups excluding carboxylic acids is 3. The summed E-state index contributed by atoms with van der Waals surface area (Å²) < 4.78 is 11.4. The van der Waals surface area contributed by atoms with Gasteiger partial charge in [-0.15, -0.1) is 0 Å². The van der Waals surface area contributed by atoms with Gasteiger partial charge in [-0.3, -0.25) is 24.5 Å². The fourth-order valence-electron chi connectivity index (χ4n) is 4.79. The van der Waals surface area contributed by atoms with Crippen LogP contribution in [0.5, 0.6) is 0 Å². The largest absolute Gasteiger partial charge is 0.459 e. The van der Waals surface area contributed by atoms with Crippen LogP contribution in [0, 0.1) is 33.3 Å². The Hall–Kier alpha value is -3.38. The van der Waals surface area contributed by atoms with Gasteiger partial charge in [-0.25, -0.2) is 4.98 Å². The van der Waals surface area contributed by atoms with E-state index in [2.05, 4.69) is 23.1 Å². The molecule has 0 aliphatic carbocycles. The van der Waals surface area contributed by atoms with Crippen LogP contribution in [-0.2, 0) is 25.4 Å². The highest BCUT2D eigenvalue weighted by atomic mass is 28.3. The molecule has 1 aliphatic heterocycles. The predicted molar refractivity (Wildman–Crippen MR) is 142 cm³/mol. The molecule has 2 heterocycles. The van der Waals surface area contributed by atoms with Gasteiger partial charge in [-0.05, 0) is 42.1 Å². The fraction of sp³-hybridized carbons (Fsp3) is 0.538. The van der Waals surface area contributed by atoms with Gasteiger partial charge in [-0.1, -0.05) is 27.7 Å². The molecule has 0 bridgehead atoms. The van der Waals surface area contributed by atoms with E-state index in [1.165, 1.54) is 35.4 Å². The Morgan fingerprint density at radius 3 is 2.42 bits per heavy atom. The second-order valence-corrected chi connectivity index (χ2v) is 13.4. The average Bonchev–Trinajstić information content (AvgIpc) is 3.39. The van der Waals surface area contributed by atoms with E-state index in [1.54, 1.807) is 13.1 Å². The highest BCUT2D eigenvalue weighted by Gasteiger charge is 2.57. The van der Waals surface area contributed by atoms with Crippen LogP contribution in [0.2, 0.25) is 13.1 Å². The molecule has 206 valence electrons. The maximum Gasteiger partial charge on any atom is 0.325 e. The number of H-pyrrole nitrogens is 1. The molecule has 0 unspecified atom stereocenters. The van der Waals surface area contributed by atoms with Crippen LogP contribution < -0.4 is 0 Å². The van der Waals surface area contributed by atoms with Gasteiger partial charge in [0, 0.05) is 37.1 Å². The van der Waals surface area contributed by atoms with Gasteiger partial charge in [0.15, 0.2) is 14.9 Å². The minimum Gasteiger partial charge on any atom is -0.459 e. The summed E-state index contributed by atoms with van der Waals surface area (Å²) >= 11 is 0. The minimum absolute atomic E-state index is 0.0622. The number of esters is 1. The first-order valence-electron chi connectivity index (χ1n) is 12.7. The van der Waals surface area contributed by atoms with Gasteiger partial charge < -0.3 is 19.0 Å². The normalized spacial score (nSPS) is 19.1. The number of hydrogen-bond acceptors (Lipinski definition) is 8. The van der Waals surface area contributed by atoms with Crippen molar-refractivity contribution in [3.05, 3.63) is 58.2 Å². The molecule has 2 aromatic rings. The topological polar surface area (TPSA) is 145 Å². The van der Waals surface area contributed by atoms with Gasteiger partial charge in [0.2, 0.25) is 11.7 Å². The zero-order valence-electron chi connectivity index (χ0n) is 22.7. The van der Waals surface area contributed by atoms with E-state index in [9.17, 15) is 24.5 Å². The smallest absolute Gasteiger partial charge is 0.325 e. The first-order chi connectivity index (χ1) is 17.8. The van der Waals surface area contributed by atoms with Crippen molar-refractivity contribution in [2.45, 2.75) is 53.4 Å². The highest BCUT2D eigenvalue weighted by molar-refractivity contribution is 6.48. The summed E-state index contributed by atoms with van der Waals surface area (Å²) in [6.45, 7) is 12.0. The molecule has 0 radical (unpaired) electrons. The number of non-ortho nitro benzene ring substituents is 1. The van der Waals surface area contributed by atoms with Gasteiger partial charge in [0.1, 0.15) is 13.2 Å². The maximum atomic E-state index is 13.5. The van der Waals surface area contributed by atoms with Crippen molar-refractivity contribution in [1.82, 2.24) is 14.9 Å². The molecule has 1 aliphatic rings. The van der Waals surface area contributed by atoms with E-state index in [0.29, 0.717) is 12.2 Å². The van der Waals surface area contributed by atoms with Crippen LogP contribution in [0.4, 0.5) is 5.69 Å². The number of nitro groups is 1. The molecule has 0 saturated carbocycles. The number of nitrogens with zero attached hydrogens (tertiary/aromatic N) is 3. The predicted octanol–water partition coefficient (Wildman–Crippen LogP) is 3.37. The third kappa shape index (κ3) is 6.73. The van der Waals surface area contributed by atoms with Crippen molar-refractivity contribution in [3.63, 3.8) is 0 Å². The van der Waals surface area contributed by atoms with E-state index in [1.807, 2.05) is 20.8 Å². The van der Waals surface area contributed by atoms with E-state index in [-0.39, 0.29) is 47.7 Å². The Kier molecular flexibility index (Phi) is 9.21. The van der Waals surface area contributed by atoms with E-state index in [0.717, 1.165) is 0 Å². The van der Waals surface area contributed by atoms with Gasteiger partial charge >= 0.3 is 5.97 Å². The van der Waals surface area contributed by atoms with Gasteiger partial charge in [0.25, 0.3) is 5.69 Å². The molecule has 1 aromatic carbocycles. The number of rotatable bonds is 12. The minimum atomic E-state index is -1.36. The number of hydrogen-bond donors (Lipinski definition) is 1. The van der Waals surface area contributed by atoms with Crippen LogP contribution in [0.3, 0.4) is 0 Å². The third-order valence-corrected chi connectivity index (χ3v) is 7.81. The summed E-state index contributed by atoms with van der Waals surface area (Å²) in [5.41, 5.74) is 0.239. The number of imidazole rings is 1. The van der Waals surface area contributed by atoms with Crippen LogP contribution in [0.1, 0.15) is 43.9 Å². The molecule has 3 rings (SSSR count). The second-order valence-electron chi connectivity index (χ2n) is 11.0. The van der Waals surface area contributed by atoms with E-state index >= 15 is 0 Å². The summed E-state index contributed by atoms with van der Waals surface area (Å²) in [6.07, 6.45) is 3.06. The SMILES string of the molecule is C[C@@H](C(=O)c1ncc[nH]1)[C@H]1[C@H]([C@@H](CO[SiH](C)C)C(C)(C)C)C(=O)N1CC(=O)OCc1ccc([N+](=O)[O-])cc1. The van der Waals surface area contributed by atoms with E-state index in [4.69, 9.17) is 9.16 Å². The Morgan fingerprint density at radius 2 is 1.89 bits per heavy atom. The lowest BCUT2D eigenvalue weighted by Gasteiger charge is -2.54. The lowest BCUT2D eigenvalue weighted by Crippen LogP contribution is -2.69. The van der Waals surface area contributed by atoms with Crippen molar-refractivity contribution in [3.8, 4) is 0 Å². The molecule has 0 spiro atoms. The summed E-state index contributed by atoms with van der Waals surface area (Å²) in [4.78, 5) is 58.1. The number of nitro benzene ring substituents is 1. The summed E-state index contributed by atoms with van der Waals surface area (Å²) in [5, 5.41) is 10.8. The number of amides is 1. The van der Waals surface area contributed by atoms with Crippen LogP contribution in [0.25, 0.3) is 0 Å². The highest BCUT2D eigenvalue weighted by Crippen LogP contribution is 2.45. The lowest BCUT2D eigenvalue weighted by molar-refractivity contribution is -0.384. The zero-order valence-corrected chi connectivity index (χ0v) is 23.8. The molecule has 1 N–H and O–H groups in total. The Labute approximate surface area is 223 Å². The Morgan fingerprint density at radius 1 is 1.24 bits per heavy atom. The summed E-state index contributed by atoms with van der Waals surface area (Å²) in [7, 11) is -1.36. The van der Waals surface area contributed by atoms with Crippen LogP contribution in [0.15, 0.2) is 36.7 Å². The van der Waals surface area contributed by atoms with Crippen molar-refractivity contribution in [1.29, 1.82) is 0 Å². The number of Topliss-reactive ketones (excluding diaryl/α,β-unsaturated/α-hetero) is 1. The number of aromatic amines is 1. The number of ether oxygens (including phenoxy) is 1. The summed E-state index contributed by atoms with van der Waals surface area (Å²) in [5.74, 6) is -2.16. The molecule has 1 amide bonds. The molecule has 1 saturated heterocycles. The van der Waals surface area contributed by atoms with Crippen LogP contribution >= 0.6 is 0 Å². The standard InChI is InChI=1S/C26H36N4O7Si/c1-16(23(32)24-27-11-12-28-24)22-21(19(26(2,3)4)15-37-38(5)6)25(33)29(22)13-20(31)36-14-17-7-9-18(10-8-17)30(34)35/h7-12,16,19,21-22,38H,13-15H2,1-6H3,(H,27,28)/t16-,19-,21+,22+/m1/s1. The van der Waals surface area contributed by atoms with Crippen molar-refractivity contribution in [2.24, 2.45) is 23.2 Å². The van der Waals surface area contributed by atoms with Gasteiger partial charge in [0.05, 0.1) is 16.9 Å². The Balaban J connectivity index is 1.78. The summed E-state index contributed by atoms with van der Waals surface area (Å²) in [6, 6.07) is 5.15. The molecule has 1 aromatic heterocycles. The molecule has 12 heteroatoms. The number of nitrogens with one attached hydrogen (secondary N) is 1. The average molecular weight is 545 g/mol. The van der Waals surface area contributed by atoms with Crippen LogP contribution in [-0.4, -0.2) is 65.7 Å². The monoisotopic (exact) mass is 544 g/mol. The number of benzene rings is 1. The molecule has 1 fully saturated rings. The fourth-order valence-corrected chi connectivity index (χ4v) is 5.38. The Bertz CT molecular complexity index is 1150. The molecule has 38 heavy (non-hydrogen) atoms. The second kappa shape index (κ2) is 12.0. The number of ketones is 1. The number of likely N-dealkylation sites (tertiary alicyclic amines) is 1. The lowest BCUT2D eigenvalue weighted by atomic mass is 9.63. The molecular formula is C26H36N4O7Si. The molecule has 11 nitrogen and oxygen atoms in total. The first-order valence-corrected chi connectivity index (χ1v) is 15.4. The number of carbonyl (C=O) groups is 3. The quantitative estimate of drug-likeness (QED) is 0.107. The van der Waals surface area contributed by atoms with E-state index < -0.39 is 37.8 Å². The number of β-lactam (4-membered cyclic amide) rings is 1. The number of aromatic nitrogens is 2. The van der Waals surface area contributed by atoms with Crippen molar-refractivity contribution in [2.75, 3.05) is 13.2 Å². The maximum absolute atomic E-state index is 13.5. The third-order valence-electron chi connectivity index (χ3n) is 6.95. The zero-order chi connectivity index (χ0) is 28.2. The van der Waals surface area contributed by atoms with Gasteiger partial charge in [-0.2, -0.15) is 0 Å². The van der Waals surface area contributed by atoms with Crippen molar-refractivity contribution >= 4 is 32.4 Å².